The molecule has 0 atom stereocenters. The number of aryl methyl sites for hydroxylation is 1. The zero-order valence-electron chi connectivity index (χ0n) is 11.8. The summed E-state index contributed by atoms with van der Waals surface area (Å²) < 4.78 is 5.96. The Morgan fingerprint density at radius 2 is 2.10 bits per heavy atom. The third kappa shape index (κ3) is 3.95. The molecule has 0 aliphatic rings. The van der Waals surface area contributed by atoms with Gasteiger partial charge in [-0.25, -0.2) is 0 Å². The molecule has 0 fully saturated rings. The summed E-state index contributed by atoms with van der Waals surface area (Å²) >= 11 is 6.07. The van der Waals surface area contributed by atoms with Crippen molar-refractivity contribution in [3.8, 4) is 11.5 Å². The first-order valence-corrected chi connectivity index (χ1v) is 7.17. The fraction of sp³-hybridized carbons (Fsp3) is 0.312. The Bertz CT molecular complexity index is 572. The first-order valence-electron chi connectivity index (χ1n) is 6.79. The van der Waals surface area contributed by atoms with Gasteiger partial charge in [-0.3, -0.25) is 4.98 Å². The number of pyridine rings is 1. The van der Waals surface area contributed by atoms with Crippen molar-refractivity contribution in [1.29, 1.82) is 0 Å². The lowest BCUT2D eigenvalue weighted by Crippen LogP contribution is -2.14. The summed E-state index contributed by atoms with van der Waals surface area (Å²) in [4.78, 5) is 4.23. The Morgan fingerprint density at radius 3 is 2.85 bits per heavy atom. The highest BCUT2D eigenvalue weighted by atomic mass is 35.5. The van der Waals surface area contributed by atoms with Gasteiger partial charge in [-0.1, -0.05) is 24.6 Å². The number of benzene rings is 1. The Morgan fingerprint density at radius 1 is 1.25 bits per heavy atom. The molecule has 0 saturated carbocycles. The maximum atomic E-state index is 6.07. The minimum absolute atomic E-state index is 0.667. The van der Waals surface area contributed by atoms with E-state index < -0.39 is 0 Å². The minimum Gasteiger partial charge on any atom is -0.455 e. The number of rotatable bonds is 6. The zero-order valence-corrected chi connectivity index (χ0v) is 12.6. The highest BCUT2D eigenvalue weighted by Crippen LogP contribution is 2.29. The van der Waals surface area contributed by atoms with Gasteiger partial charge in [0, 0.05) is 23.3 Å². The van der Waals surface area contributed by atoms with Crippen molar-refractivity contribution in [2.24, 2.45) is 0 Å². The van der Waals surface area contributed by atoms with Crippen LogP contribution in [0, 0.1) is 6.92 Å². The molecule has 0 radical (unpaired) electrons. The van der Waals surface area contributed by atoms with Crippen LogP contribution in [0.3, 0.4) is 0 Å². The molecule has 0 amide bonds. The van der Waals surface area contributed by atoms with Crippen LogP contribution in [0.15, 0.2) is 36.5 Å². The molecule has 106 valence electrons. The van der Waals surface area contributed by atoms with Gasteiger partial charge < -0.3 is 10.1 Å². The Labute approximate surface area is 124 Å². The first kappa shape index (κ1) is 14.8. The van der Waals surface area contributed by atoms with Gasteiger partial charge in [0.05, 0.1) is 5.69 Å². The lowest BCUT2D eigenvalue weighted by molar-refractivity contribution is 0.466. The SMILES string of the molecule is CCCNCc1ccc(Cl)cc1Oc1cccnc1C. The zero-order chi connectivity index (χ0) is 14.4. The number of hydrogen-bond donors (Lipinski definition) is 1. The van der Waals surface area contributed by atoms with Crippen LogP contribution in [-0.4, -0.2) is 11.5 Å². The molecule has 0 spiro atoms. The van der Waals surface area contributed by atoms with E-state index in [-0.39, 0.29) is 0 Å². The highest BCUT2D eigenvalue weighted by molar-refractivity contribution is 6.30. The monoisotopic (exact) mass is 290 g/mol. The van der Waals surface area contributed by atoms with Gasteiger partial charge in [0.25, 0.3) is 0 Å². The molecule has 20 heavy (non-hydrogen) atoms. The summed E-state index contributed by atoms with van der Waals surface area (Å²) in [6.45, 7) is 5.81. The van der Waals surface area contributed by atoms with Gasteiger partial charge in [-0.2, -0.15) is 0 Å². The summed E-state index contributed by atoms with van der Waals surface area (Å²) in [5.41, 5.74) is 1.95. The Balaban J connectivity index is 2.21. The van der Waals surface area contributed by atoms with Crippen LogP contribution in [-0.2, 0) is 6.54 Å². The summed E-state index contributed by atoms with van der Waals surface area (Å²) in [6, 6.07) is 9.49. The predicted molar refractivity (Wildman–Crippen MR) is 82.5 cm³/mol. The first-order chi connectivity index (χ1) is 9.70. The number of nitrogens with one attached hydrogen (secondary N) is 1. The van der Waals surface area contributed by atoms with Crippen molar-refractivity contribution >= 4 is 11.6 Å². The van der Waals surface area contributed by atoms with Crippen molar-refractivity contribution in [2.75, 3.05) is 6.54 Å². The molecule has 0 unspecified atom stereocenters. The van der Waals surface area contributed by atoms with E-state index in [4.69, 9.17) is 16.3 Å². The summed E-state index contributed by atoms with van der Waals surface area (Å²) in [7, 11) is 0. The van der Waals surface area contributed by atoms with Gasteiger partial charge >= 0.3 is 0 Å². The van der Waals surface area contributed by atoms with Crippen molar-refractivity contribution in [3.05, 3.63) is 52.8 Å². The van der Waals surface area contributed by atoms with Gasteiger partial charge in [-0.15, -0.1) is 0 Å². The second-order valence-corrected chi connectivity index (χ2v) is 5.05. The number of halogens is 1. The number of aromatic nitrogens is 1. The lowest BCUT2D eigenvalue weighted by atomic mass is 10.2. The molecule has 2 rings (SSSR count). The Hall–Kier alpha value is -1.58. The number of hydrogen-bond acceptors (Lipinski definition) is 3. The summed E-state index contributed by atoms with van der Waals surface area (Å²) in [5.74, 6) is 1.53. The van der Waals surface area contributed by atoms with E-state index in [0.29, 0.717) is 5.02 Å². The molecule has 1 heterocycles. The van der Waals surface area contributed by atoms with E-state index >= 15 is 0 Å². The second kappa shape index (κ2) is 7.27. The van der Waals surface area contributed by atoms with Gasteiger partial charge in [0.15, 0.2) is 0 Å². The third-order valence-electron chi connectivity index (χ3n) is 2.95. The molecule has 4 heteroatoms. The summed E-state index contributed by atoms with van der Waals surface area (Å²) in [5, 5.41) is 4.04. The lowest BCUT2D eigenvalue weighted by Gasteiger charge is -2.13. The van der Waals surface area contributed by atoms with E-state index in [1.807, 2.05) is 37.3 Å². The topological polar surface area (TPSA) is 34.1 Å². The molecular weight excluding hydrogens is 272 g/mol. The molecule has 3 nitrogen and oxygen atoms in total. The van der Waals surface area contributed by atoms with E-state index in [2.05, 4.69) is 17.2 Å². The molecule has 1 aromatic carbocycles. The van der Waals surface area contributed by atoms with Crippen LogP contribution in [0.5, 0.6) is 11.5 Å². The maximum absolute atomic E-state index is 6.07. The second-order valence-electron chi connectivity index (χ2n) is 4.62. The van der Waals surface area contributed by atoms with Crippen molar-refractivity contribution in [2.45, 2.75) is 26.8 Å². The molecule has 0 aliphatic heterocycles. The van der Waals surface area contributed by atoms with E-state index in [1.54, 1.807) is 6.20 Å². The van der Waals surface area contributed by atoms with Crippen molar-refractivity contribution in [3.63, 3.8) is 0 Å². The van der Waals surface area contributed by atoms with E-state index in [1.165, 1.54) is 0 Å². The van der Waals surface area contributed by atoms with Crippen LogP contribution in [0.2, 0.25) is 5.02 Å². The minimum atomic E-state index is 0.667. The fourth-order valence-corrected chi connectivity index (χ4v) is 2.03. The third-order valence-corrected chi connectivity index (χ3v) is 3.18. The molecule has 0 aliphatic carbocycles. The van der Waals surface area contributed by atoms with Gasteiger partial charge in [0.1, 0.15) is 11.5 Å². The summed E-state index contributed by atoms with van der Waals surface area (Å²) in [6.07, 6.45) is 2.86. The van der Waals surface area contributed by atoms with E-state index in [9.17, 15) is 0 Å². The van der Waals surface area contributed by atoms with Crippen LogP contribution in [0.25, 0.3) is 0 Å². The van der Waals surface area contributed by atoms with Gasteiger partial charge in [-0.05, 0) is 44.2 Å². The largest absolute Gasteiger partial charge is 0.455 e. The van der Waals surface area contributed by atoms with Crippen molar-refractivity contribution < 1.29 is 4.74 Å². The molecule has 1 aromatic heterocycles. The van der Waals surface area contributed by atoms with Gasteiger partial charge in [0.2, 0.25) is 0 Å². The van der Waals surface area contributed by atoms with Crippen LogP contribution in [0.4, 0.5) is 0 Å². The van der Waals surface area contributed by atoms with E-state index in [0.717, 1.165) is 42.3 Å². The number of nitrogens with zero attached hydrogens (tertiary/aromatic N) is 1. The highest BCUT2D eigenvalue weighted by Gasteiger charge is 2.08. The average Bonchev–Trinajstić information content (AvgIpc) is 2.44. The molecule has 2 aromatic rings. The average molecular weight is 291 g/mol. The number of ether oxygens (including phenoxy) is 1. The normalized spacial score (nSPS) is 10.6. The smallest absolute Gasteiger partial charge is 0.148 e. The maximum Gasteiger partial charge on any atom is 0.148 e. The van der Waals surface area contributed by atoms with Crippen LogP contribution in [0.1, 0.15) is 24.6 Å². The quantitative estimate of drug-likeness (QED) is 0.804. The Kier molecular flexibility index (Phi) is 5.39. The fourth-order valence-electron chi connectivity index (χ4n) is 1.87. The standard InChI is InChI=1S/C16H19ClN2O/c1-3-8-18-11-13-6-7-14(17)10-16(13)20-15-5-4-9-19-12(15)2/h4-7,9-10,18H,3,8,11H2,1-2H3. The molecule has 0 bridgehead atoms. The molecular formula is C16H19ClN2O. The van der Waals surface area contributed by atoms with Crippen LogP contribution < -0.4 is 10.1 Å². The molecule has 0 saturated heterocycles. The molecule has 1 N–H and O–H groups in total. The van der Waals surface area contributed by atoms with Crippen LogP contribution >= 0.6 is 11.6 Å². The predicted octanol–water partition coefficient (Wildman–Crippen LogP) is 4.34. The van der Waals surface area contributed by atoms with Crippen molar-refractivity contribution in [1.82, 2.24) is 10.3 Å².